The normalized spacial score (nSPS) is 16.2. The van der Waals surface area contributed by atoms with Crippen LogP contribution in [0, 0.1) is 18.2 Å². The Morgan fingerprint density at radius 1 is 1.25 bits per heavy atom. The molecule has 3 amide bonds. The van der Waals surface area contributed by atoms with E-state index in [1.807, 2.05) is 0 Å². The van der Waals surface area contributed by atoms with Crippen molar-refractivity contribution in [2.45, 2.75) is 19.8 Å². The van der Waals surface area contributed by atoms with Crippen molar-refractivity contribution in [3.63, 3.8) is 0 Å². The maximum Gasteiger partial charge on any atom is 0.313 e. The fourth-order valence-electron chi connectivity index (χ4n) is 2.51. The summed E-state index contributed by atoms with van der Waals surface area (Å²) in [5, 5.41) is 4.82. The third-order valence-electron chi connectivity index (χ3n) is 4.18. The summed E-state index contributed by atoms with van der Waals surface area (Å²) in [6.07, 6.45) is 0.781. The Hall–Kier alpha value is -2.48. The highest BCUT2D eigenvalue weighted by Crippen LogP contribution is 2.29. The zero-order valence-corrected chi connectivity index (χ0v) is 13.4. The van der Waals surface area contributed by atoms with Crippen molar-refractivity contribution in [1.29, 1.82) is 0 Å². The first kappa shape index (κ1) is 17.9. The Labute approximate surface area is 138 Å². The summed E-state index contributed by atoms with van der Waals surface area (Å²) >= 11 is 0. The van der Waals surface area contributed by atoms with Gasteiger partial charge in [-0.3, -0.25) is 14.4 Å². The maximum atomic E-state index is 13.2. The molecule has 1 aliphatic heterocycles. The van der Waals surface area contributed by atoms with Gasteiger partial charge in [-0.05, 0) is 43.5 Å². The van der Waals surface area contributed by atoms with E-state index in [4.69, 9.17) is 10.5 Å². The highest BCUT2D eigenvalue weighted by atomic mass is 19.1. The summed E-state index contributed by atoms with van der Waals surface area (Å²) in [5.41, 5.74) is 5.19. The zero-order valence-electron chi connectivity index (χ0n) is 13.4. The monoisotopic (exact) mass is 337 g/mol. The topological polar surface area (TPSA) is 111 Å². The number of nitrogens with two attached hydrogens (primary N) is 1. The summed E-state index contributed by atoms with van der Waals surface area (Å²) in [4.78, 5) is 35.5. The third-order valence-corrected chi connectivity index (χ3v) is 4.18. The number of anilines is 1. The Bertz CT molecular complexity index is 657. The molecule has 0 radical (unpaired) electrons. The molecule has 0 aromatic heterocycles. The van der Waals surface area contributed by atoms with E-state index in [9.17, 15) is 18.8 Å². The second-order valence-corrected chi connectivity index (χ2v) is 5.86. The van der Waals surface area contributed by atoms with Crippen LogP contribution in [0.25, 0.3) is 0 Å². The van der Waals surface area contributed by atoms with Crippen LogP contribution in [0.5, 0.6) is 0 Å². The summed E-state index contributed by atoms with van der Waals surface area (Å²) in [6, 6.07) is 3.98. The van der Waals surface area contributed by atoms with Crippen LogP contribution in [-0.4, -0.2) is 37.5 Å². The summed E-state index contributed by atoms with van der Waals surface area (Å²) in [6.45, 7) is 2.27. The van der Waals surface area contributed by atoms with Crippen molar-refractivity contribution in [3.8, 4) is 0 Å². The van der Waals surface area contributed by atoms with Gasteiger partial charge in [0.2, 0.25) is 5.91 Å². The average molecular weight is 337 g/mol. The number of ether oxygens (including phenoxy) is 1. The van der Waals surface area contributed by atoms with Crippen molar-refractivity contribution < 1.29 is 23.5 Å². The Morgan fingerprint density at radius 3 is 2.50 bits per heavy atom. The van der Waals surface area contributed by atoms with Gasteiger partial charge in [-0.25, -0.2) is 4.39 Å². The molecule has 0 saturated carbocycles. The van der Waals surface area contributed by atoms with Crippen LogP contribution >= 0.6 is 0 Å². The summed E-state index contributed by atoms with van der Waals surface area (Å²) < 4.78 is 18.4. The lowest BCUT2D eigenvalue weighted by atomic mass is 9.79. The van der Waals surface area contributed by atoms with Gasteiger partial charge in [-0.1, -0.05) is 0 Å². The predicted octanol–water partition coefficient (Wildman–Crippen LogP) is 0.471. The van der Waals surface area contributed by atoms with E-state index in [0.717, 1.165) is 0 Å². The fourth-order valence-corrected chi connectivity index (χ4v) is 2.51. The van der Waals surface area contributed by atoms with Crippen molar-refractivity contribution in [1.82, 2.24) is 5.32 Å². The number of carbonyl (C=O) groups is 3. The fraction of sp³-hybridized carbons (Fsp3) is 0.438. The predicted molar refractivity (Wildman–Crippen MR) is 84.5 cm³/mol. The van der Waals surface area contributed by atoms with Crippen LogP contribution in [0.2, 0.25) is 0 Å². The first-order valence-electron chi connectivity index (χ1n) is 7.57. The molecule has 8 heteroatoms. The van der Waals surface area contributed by atoms with Crippen LogP contribution < -0.4 is 16.4 Å². The Balaban J connectivity index is 1.94. The number of carbonyl (C=O) groups excluding carboxylic acids is 3. The van der Waals surface area contributed by atoms with E-state index in [1.165, 1.54) is 18.2 Å². The average Bonchev–Trinajstić information content (AvgIpc) is 2.56. The van der Waals surface area contributed by atoms with Crippen LogP contribution in [0.15, 0.2) is 18.2 Å². The van der Waals surface area contributed by atoms with Crippen molar-refractivity contribution in [3.05, 3.63) is 29.6 Å². The number of primary amides is 1. The van der Waals surface area contributed by atoms with Crippen molar-refractivity contribution in [2.24, 2.45) is 11.1 Å². The molecule has 0 spiro atoms. The first-order valence-corrected chi connectivity index (χ1v) is 7.57. The summed E-state index contributed by atoms with van der Waals surface area (Å²) in [5.74, 6) is -2.71. The minimum Gasteiger partial charge on any atom is -0.381 e. The SMILES string of the molecule is Cc1cc(NC(=O)C(=O)NCC2(C(N)=O)CCOCC2)ccc1F. The number of hydrogen-bond acceptors (Lipinski definition) is 4. The molecule has 2 rings (SSSR count). The number of amides is 3. The molecule has 24 heavy (non-hydrogen) atoms. The van der Waals surface area contributed by atoms with Gasteiger partial charge in [0.1, 0.15) is 5.82 Å². The van der Waals surface area contributed by atoms with E-state index in [-0.39, 0.29) is 6.54 Å². The van der Waals surface area contributed by atoms with Gasteiger partial charge in [0.15, 0.2) is 0 Å². The van der Waals surface area contributed by atoms with E-state index in [0.29, 0.717) is 37.3 Å². The summed E-state index contributed by atoms with van der Waals surface area (Å²) in [7, 11) is 0. The number of aryl methyl sites for hydroxylation is 1. The number of benzene rings is 1. The molecule has 0 atom stereocenters. The van der Waals surface area contributed by atoms with E-state index in [1.54, 1.807) is 6.92 Å². The highest BCUT2D eigenvalue weighted by molar-refractivity contribution is 6.39. The molecule has 0 aliphatic carbocycles. The van der Waals surface area contributed by atoms with E-state index < -0.39 is 29.0 Å². The molecule has 4 N–H and O–H groups in total. The standard InChI is InChI=1S/C16H20FN3O4/c1-10-8-11(2-3-12(10)17)20-14(22)13(21)19-9-16(15(18)23)4-6-24-7-5-16/h2-3,8H,4-7,9H2,1H3,(H2,18,23)(H,19,21)(H,20,22). The lowest BCUT2D eigenvalue weighted by molar-refractivity contribution is -0.138. The number of halogens is 1. The number of hydrogen-bond donors (Lipinski definition) is 3. The molecule has 1 aromatic rings. The lowest BCUT2D eigenvalue weighted by Crippen LogP contribution is -2.51. The van der Waals surface area contributed by atoms with Gasteiger partial charge in [-0.15, -0.1) is 0 Å². The van der Waals surface area contributed by atoms with Gasteiger partial charge in [0.05, 0.1) is 5.41 Å². The smallest absolute Gasteiger partial charge is 0.313 e. The number of nitrogens with one attached hydrogen (secondary N) is 2. The Kier molecular flexibility index (Phi) is 5.50. The molecule has 0 bridgehead atoms. The van der Waals surface area contributed by atoms with Crippen molar-refractivity contribution >= 4 is 23.4 Å². The maximum absolute atomic E-state index is 13.2. The first-order chi connectivity index (χ1) is 11.3. The number of rotatable bonds is 4. The quantitative estimate of drug-likeness (QED) is 0.694. The molecular weight excluding hydrogens is 317 g/mol. The molecule has 1 aromatic carbocycles. The highest BCUT2D eigenvalue weighted by Gasteiger charge is 2.39. The van der Waals surface area contributed by atoms with Crippen molar-refractivity contribution in [2.75, 3.05) is 25.1 Å². The molecule has 7 nitrogen and oxygen atoms in total. The molecular formula is C16H20FN3O4. The second-order valence-electron chi connectivity index (χ2n) is 5.86. The molecule has 1 heterocycles. The van der Waals surface area contributed by atoms with Gasteiger partial charge >= 0.3 is 11.8 Å². The van der Waals surface area contributed by atoms with Crippen LogP contribution in [0.3, 0.4) is 0 Å². The second kappa shape index (κ2) is 7.39. The molecule has 1 fully saturated rings. The van der Waals surface area contributed by atoms with E-state index >= 15 is 0 Å². The van der Waals surface area contributed by atoms with Gasteiger partial charge < -0.3 is 21.1 Å². The molecule has 1 saturated heterocycles. The van der Waals surface area contributed by atoms with Crippen LogP contribution in [-0.2, 0) is 19.1 Å². The molecule has 1 aliphatic rings. The van der Waals surface area contributed by atoms with Crippen LogP contribution in [0.4, 0.5) is 10.1 Å². The van der Waals surface area contributed by atoms with Gasteiger partial charge in [0, 0.05) is 25.4 Å². The molecule has 130 valence electrons. The van der Waals surface area contributed by atoms with E-state index in [2.05, 4.69) is 10.6 Å². The largest absolute Gasteiger partial charge is 0.381 e. The van der Waals surface area contributed by atoms with Gasteiger partial charge in [-0.2, -0.15) is 0 Å². The lowest BCUT2D eigenvalue weighted by Gasteiger charge is -2.34. The van der Waals surface area contributed by atoms with Crippen LogP contribution in [0.1, 0.15) is 18.4 Å². The minimum absolute atomic E-state index is 0.0274. The zero-order chi connectivity index (χ0) is 17.7. The third kappa shape index (κ3) is 4.08. The van der Waals surface area contributed by atoms with Gasteiger partial charge in [0.25, 0.3) is 0 Å². The molecule has 0 unspecified atom stereocenters. The Morgan fingerprint density at radius 2 is 1.92 bits per heavy atom. The minimum atomic E-state index is -0.902.